The normalized spacial score (nSPS) is 10.4. The van der Waals surface area contributed by atoms with Gasteiger partial charge >= 0.3 is 0 Å². The van der Waals surface area contributed by atoms with Crippen LogP contribution in [0.3, 0.4) is 0 Å². The second-order valence-electron chi connectivity index (χ2n) is 5.04. The minimum atomic E-state index is 0.0958. The van der Waals surface area contributed by atoms with Crippen LogP contribution in [0.4, 0.5) is 0 Å². The van der Waals surface area contributed by atoms with Gasteiger partial charge in [0.2, 0.25) is 0 Å². The fourth-order valence-electron chi connectivity index (χ4n) is 2.29. The van der Waals surface area contributed by atoms with E-state index in [9.17, 15) is 4.79 Å². The van der Waals surface area contributed by atoms with E-state index in [4.69, 9.17) is 0 Å². The van der Waals surface area contributed by atoms with Crippen molar-refractivity contribution in [1.29, 1.82) is 0 Å². The fourth-order valence-corrected chi connectivity index (χ4v) is 3.28. The maximum absolute atomic E-state index is 11.4. The van der Waals surface area contributed by atoms with Gasteiger partial charge in [0.1, 0.15) is 0 Å². The second-order valence-corrected chi connectivity index (χ2v) is 6.16. The third-order valence-electron chi connectivity index (χ3n) is 3.46. The Morgan fingerprint density at radius 2 is 1.41 bits per heavy atom. The van der Waals surface area contributed by atoms with Crippen LogP contribution in [0.25, 0.3) is 11.1 Å². The van der Waals surface area contributed by atoms with Crippen molar-refractivity contribution in [3.63, 3.8) is 0 Å². The van der Waals surface area contributed by atoms with Gasteiger partial charge in [0.25, 0.3) is 0 Å². The molecule has 0 N–H and O–H groups in total. The van der Waals surface area contributed by atoms with Crippen LogP contribution in [0.2, 0.25) is 0 Å². The molecular formula is C20H16OS. The van der Waals surface area contributed by atoms with Gasteiger partial charge in [-0.25, -0.2) is 0 Å². The van der Waals surface area contributed by atoms with Crippen molar-refractivity contribution in [2.24, 2.45) is 0 Å². The molecule has 2 heteroatoms. The molecule has 0 heterocycles. The molecule has 0 unspecified atom stereocenters. The Morgan fingerprint density at radius 3 is 2.09 bits per heavy atom. The van der Waals surface area contributed by atoms with Crippen molar-refractivity contribution in [2.75, 3.05) is 0 Å². The molecular weight excluding hydrogens is 288 g/mol. The molecule has 0 aromatic heterocycles. The zero-order valence-corrected chi connectivity index (χ0v) is 13.1. The van der Waals surface area contributed by atoms with E-state index in [2.05, 4.69) is 30.3 Å². The van der Waals surface area contributed by atoms with Crippen molar-refractivity contribution >= 4 is 17.5 Å². The Morgan fingerprint density at radius 1 is 0.773 bits per heavy atom. The molecule has 0 saturated carbocycles. The summed E-state index contributed by atoms with van der Waals surface area (Å²) in [6.45, 7) is 1.59. The summed E-state index contributed by atoms with van der Waals surface area (Å²) in [5.41, 5.74) is 3.06. The van der Waals surface area contributed by atoms with Crippen LogP contribution in [0.1, 0.15) is 17.3 Å². The maximum atomic E-state index is 11.4. The molecule has 0 radical (unpaired) electrons. The molecule has 0 spiro atoms. The summed E-state index contributed by atoms with van der Waals surface area (Å²) in [5.74, 6) is 0.0958. The third kappa shape index (κ3) is 3.29. The summed E-state index contributed by atoms with van der Waals surface area (Å²) in [7, 11) is 0. The van der Waals surface area contributed by atoms with Crippen LogP contribution in [0.5, 0.6) is 0 Å². The van der Waals surface area contributed by atoms with Gasteiger partial charge in [0.15, 0.2) is 5.78 Å². The third-order valence-corrected chi connectivity index (χ3v) is 4.54. The van der Waals surface area contributed by atoms with E-state index in [0.29, 0.717) is 0 Å². The van der Waals surface area contributed by atoms with E-state index in [1.54, 1.807) is 18.7 Å². The lowest BCUT2D eigenvalue weighted by molar-refractivity contribution is 0.101. The summed E-state index contributed by atoms with van der Waals surface area (Å²) in [4.78, 5) is 13.8. The Bertz CT molecular complexity index is 776. The van der Waals surface area contributed by atoms with Crippen LogP contribution in [0, 0.1) is 0 Å². The number of carbonyl (C=O) groups excluding carboxylic acids is 1. The number of benzene rings is 3. The van der Waals surface area contributed by atoms with E-state index in [1.807, 2.05) is 48.5 Å². The predicted octanol–water partition coefficient (Wildman–Crippen LogP) is 5.71. The first-order valence-corrected chi connectivity index (χ1v) is 7.99. The number of hydrogen-bond acceptors (Lipinski definition) is 2. The van der Waals surface area contributed by atoms with Gasteiger partial charge in [-0.3, -0.25) is 4.79 Å². The van der Waals surface area contributed by atoms with Gasteiger partial charge in [-0.15, -0.1) is 0 Å². The summed E-state index contributed by atoms with van der Waals surface area (Å²) in [5, 5.41) is 0. The van der Waals surface area contributed by atoms with Crippen LogP contribution in [-0.2, 0) is 0 Å². The van der Waals surface area contributed by atoms with Gasteiger partial charge < -0.3 is 0 Å². The first-order valence-electron chi connectivity index (χ1n) is 7.17. The molecule has 0 fully saturated rings. The van der Waals surface area contributed by atoms with Crippen LogP contribution >= 0.6 is 11.8 Å². The van der Waals surface area contributed by atoms with E-state index in [-0.39, 0.29) is 5.78 Å². The maximum Gasteiger partial charge on any atom is 0.159 e. The Balaban J connectivity index is 1.95. The average Bonchev–Trinajstić information content (AvgIpc) is 2.56. The highest BCUT2D eigenvalue weighted by molar-refractivity contribution is 7.99. The lowest BCUT2D eigenvalue weighted by Crippen LogP contribution is -1.91. The molecule has 1 nitrogen and oxygen atoms in total. The van der Waals surface area contributed by atoms with E-state index < -0.39 is 0 Å². The summed E-state index contributed by atoms with van der Waals surface area (Å²) >= 11 is 1.75. The first kappa shape index (κ1) is 14.6. The number of ketones is 1. The quantitative estimate of drug-likeness (QED) is 0.574. The number of Topliss-reactive ketones (excluding diaryl/α,β-unsaturated/α-hetero) is 1. The van der Waals surface area contributed by atoms with Crippen LogP contribution in [-0.4, -0.2) is 5.78 Å². The molecule has 0 aliphatic carbocycles. The number of rotatable bonds is 4. The minimum Gasteiger partial charge on any atom is -0.295 e. The van der Waals surface area contributed by atoms with E-state index >= 15 is 0 Å². The van der Waals surface area contributed by atoms with Gasteiger partial charge in [-0.2, -0.15) is 0 Å². The SMILES string of the molecule is CC(=O)c1ccc(-c2ccccc2Sc2ccccc2)cc1. The lowest BCUT2D eigenvalue weighted by Gasteiger charge is -2.10. The highest BCUT2D eigenvalue weighted by Crippen LogP contribution is 2.35. The fraction of sp³-hybridized carbons (Fsp3) is 0.0500. The summed E-state index contributed by atoms with van der Waals surface area (Å²) < 4.78 is 0. The molecule has 0 aliphatic rings. The molecule has 3 aromatic rings. The van der Waals surface area contributed by atoms with Crippen molar-refractivity contribution in [1.82, 2.24) is 0 Å². The molecule has 108 valence electrons. The summed E-state index contributed by atoms with van der Waals surface area (Å²) in [6, 6.07) is 26.5. The molecule has 3 aromatic carbocycles. The first-order chi connectivity index (χ1) is 10.7. The van der Waals surface area contributed by atoms with Gasteiger partial charge in [-0.05, 0) is 36.2 Å². The zero-order chi connectivity index (χ0) is 15.4. The molecule has 0 saturated heterocycles. The van der Waals surface area contributed by atoms with E-state index in [0.717, 1.165) is 11.1 Å². The van der Waals surface area contributed by atoms with Crippen molar-refractivity contribution < 1.29 is 4.79 Å². The molecule has 3 rings (SSSR count). The smallest absolute Gasteiger partial charge is 0.159 e. The molecule has 0 atom stereocenters. The summed E-state index contributed by atoms with van der Waals surface area (Å²) in [6.07, 6.45) is 0. The predicted molar refractivity (Wildman–Crippen MR) is 92.4 cm³/mol. The minimum absolute atomic E-state index is 0.0958. The molecule has 22 heavy (non-hydrogen) atoms. The number of carbonyl (C=O) groups is 1. The van der Waals surface area contributed by atoms with Crippen molar-refractivity contribution in [3.8, 4) is 11.1 Å². The standard InChI is InChI=1S/C20H16OS/c1-15(21)16-11-13-17(14-12-16)19-9-5-6-10-20(19)22-18-7-3-2-4-8-18/h2-14H,1H3. The monoisotopic (exact) mass is 304 g/mol. The Labute approximate surface area is 135 Å². The Hall–Kier alpha value is -2.32. The number of hydrogen-bond donors (Lipinski definition) is 0. The van der Waals surface area contributed by atoms with Crippen molar-refractivity contribution in [3.05, 3.63) is 84.4 Å². The molecule has 0 amide bonds. The lowest BCUT2D eigenvalue weighted by atomic mass is 10.0. The van der Waals surface area contributed by atoms with Gasteiger partial charge in [0, 0.05) is 15.4 Å². The van der Waals surface area contributed by atoms with Gasteiger partial charge in [0.05, 0.1) is 0 Å². The van der Waals surface area contributed by atoms with E-state index in [1.165, 1.54) is 15.4 Å². The average molecular weight is 304 g/mol. The largest absolute Gasteiger partial charge is 0.295 e. The van der Waals surface area contributed by atoms with Crippen molar-refractivity contribution in [2.45, 2.75) is 16.7 Å². The Kier molecular flexibility index (Phi) is 4.40. The second kappa shape index (κ2) is 6.63. The highest BCUT2D eigenvalue weighted by Gasteiger charge is 2.07. The van der Waals surface area contributed by atoms with Crippen LogP contribution in [0.15, 0.2) is 88.7 Å². The topological polar surface area (TPSA) is 17.1 Å². The zero-order valence-electron chi connectivity index (χ0n) is 12.3. The molecule has 0 aliphatic heterocycles. The highest BCUT2D eigenvalue weighted by atomic mass is 32.2. The molecule has 0 bridgehead atoms. The van der Waals surface area contributed by atoms with Crippen LogP contribution < -0.4 is 0 Å². The van der Waals surface area contributed by atoms with Gasteiger partial charge in [-0.1, -0.05) is 72.4 Å².